The van der Waals surface area contributed by atoms with Gasteiger partial charge < -0.3 is 9.55 Å². The van der Waals surface area contributed by atoms with Crippen molar-refractivity contribution in [2.24, 2.45) is 0 Å². The zero-order chi connectivity index (χ0) is 47.3. The Bertz CT molecular complexity index is 4570. The van der Waals surface area contributed by atoms with Gasteiger partial charge in [0.1, 0.15) is 6.54 Å². The maximum absolute atomic E-state index is 5.57. The predicted octanol–water partition coefficient (Wildman–Crippen LogP) is 14.4. The summed E-state index contributed by atoms with van der Waals surface area (Å²) in [5.41, 5.74) is 8.01. The van der Waals surface area contributed by atoms with Gasteiger partial charge in [-0.3, -0.25) is 4.57 Å². The summed E-state index contributed by atoms with van der Waals surface area (Å²) in [6.07, 6.45) is 0. The summed E-state index contributed by atoms with van der Waals surface area (Å²) in [5, 5.41) is 18.8. The third kappa shape index (κ3) is 6.15. The van der Waals surface area contributed by atoms with E-state index in [1.165, 1.54) is 16.3 Å². The molecular weight excluding hydrogens is 881 g/mol. The van der Waals surface area contributed by atoms with Crippen molar-refractivity contribution in [1.29, 1.82) is 0 Å². The van der Waals surface area contributed by atoms with Crippen LogP contribution in [0.25, 0.3) is 133 Å². The molecule has 15 aromatic rings. The molecule has 0 aliphatic rings. The van der Waals surface area contributed by atoms with Gasteiger partial charge in [-0.25, -0.2) is 14.8 Å². The first kappa shape index (κ1) is 40.1. The molecule has 0 N–H and O–H groups in total. The molecule has 0 aliphatic carbocycles. The number of hydrogen-bond donors (Lipinski definition) is 0. The smallest absolute Gasteiger partial charge is 0.238 e. The van der Waals surface area contributed by atoms with E-state index in [0.717, 1.165) is 98.4 Å². The Morgan fingerprint density at radius 1 is 0.347 bits per heavy atom. The summed E-state index contributed by atoms with van der Waals surface area (Å²) in [5.74, 6) is 3.11. The lowest BCUT2D eigenvalue weighted by Gasteiger charge is -2.14. The van der Waals surface area contributed by atoms with Gasteiger partial charge in [-0.15, -0.1) is 0 Å². The number of fused-ring (bicyclic) bond motifs is 11. The van der Waals surface area contributed by atoms with Crippen LogP contribution in [0, 0.1) is 0 Å². The van der Waals surface area contributed by atoms with Crippen LogP contribution < -0.4 is 9.78 Å². The molecule has 4 heterocycles. The Morgan fingerprint density at radius 2 is 0.819 bits per heavy atom. The quantitative estimate of drug-likeness (QED) is 0.149. The molecule has 0 atom stereocenters. The van der Waals surface area contributed by atoms with Crippen molar-refractivity contribution in [3.05, 3.63) is 236 Å². The zero-order valence-electron chi connectivity index (χ0n) is 38.7. The summed E-state index contributed by atoms with van der Waals surface area (Å²) in [6, 6.07) is 81.2. The molecule has 8 nitrogen and oxygen atoms in total. The summed E-state index contributed by atoms with van der Waals surface area (Å²) in [4.78, 5) is 21.9. The fraction of sp³-hybridized carbons (Fsp3) is 0.0156. The van der Waals surface area contributed by atoms with E-state index < -0.39 is 0 Å². The maximum atomic E-state index is 5.57. The van der Waals surface area contributed by atoms with Gasteiger partial charge in [0.15, 0.2) is 17.5 Å². The molecule has 0 saturated carbocycles. The molecule has 72 heavy (non-hydrogen) atoms. The van der Waals surface area contributed by atoms with Gasteiger partial charge in [-0.1, -0.05) is 218 Å². The van der Waals surface area contributed by atoms with Crippen LogP contribution in [0.15, 0.2) is 231 Å². The molecule has 0 aliphatic heterocycles. The number of aromatic nitrogens is 8. The minimum atomic E-state index is 0.528. The molecule has 0 saturated heterocycles. The molecule has 11 aromatic carbocycles. The second-order valence-electron chi connectivity index (χ2n) is 18.5. The Morgan fingerprint density at radius 3 is 1.44 bits per heavy atom. The topological polar surface area (TPSA) is 79.4 Å². The summed E-state index contributed by atoms with van der Waals surface area (Å²) >= 11 is 0. The third-order valence-electron chi connectivity index (χ3n) is 14.4. The van der Waals surface area contributed by atoms with Crippen molar-refractivity contribution in [3.63, 3.8) is 0 Å². The standard InChI is InChI=1S/C64H40N8/c1-5-26-45-40(17-1)21-13-25-44(45)39-70-62(53-34-16-24-43-20-4-8-29-48(43)53)68-64(69-70)71-56-36-12-10-31-54(56)58-57(71)38-37-50-49-30-9-11-35-55(49)72(59(50)58)63-66-60(51-32-14-22-41-18-2-6-27-46(41)51)65-61(67-63)52-33-15-23-42-19-3-7-28-47(42)52/h1-38H,39H2. The first-order valence-electron chi connectivity index (χ1n) is 24.3. The molecule has 0 fully saturated rings. The lowest BCUT2D eigenvalue weighted by atomic mass is 10.0. The van der Waals surface area contributed by atoms with E-state index in [1.54, 1.807) is 0 Å². The van der Waals surface area contributed by atoms with Gasteiger partial charge in [0.05, 0.1) is 17.0 Å². The van der Waals surface area contributed by atoms with E-state index in [0.29, 0.717) is 30.1 Å². The van der Waals surface area contributed by atoms with Crippen LogP contribution in [-0.2, 0) is 6.54 Å². The van der Waals surface area contributed by atoms with Gasteiger partial charge in [0.25, 0.3) is 0 Å². The van der Waals surface area contributed by atoms with Gasteiger partial charge in [-0.2, -0.15) is 9.97 Å². The lowest BCUT2D eigenvalue weighted by molar-refractivity contribution is -0.737. The van der Waals surface area contributed by atoms with Gasteiger partial charge in [-0.05, 0) is 66.1 Å². The summed E-state index contributed by atoms with van der Waals surface area (Å²) < 4.78 is 6.57. The fourth-order valence-electron chi connectivity index (χ4n) is 11.2. The van der Waals surface area contributed by atoms with E-state index in [4.69, 9.17) is 25.0 Å². The van der Waals surface area contributed by atoms with Gasteiger partial charge >= 0.3 is 0 Å². The van der Waals surface area contributed by atoms with E-state index in [1.807, 2.05) is 0 Å². The minimum Gasteiger partial charge on any atom is -0.364 e. The van der Waals surface area contributed by atoms with E-state index >= 15 is 0 Å². The molecular formula is C64H40N8. The minimum absolute atomic E-state index is 0.528. The highest BCUT2D eigenvalue weighted by Gasteiger charge is 2.24. The Kier molecular flexibility index (Phi) is 8.85. The largest absolute Gasteiger partial charge is 0.364 e. The van der Waals surface area contributed by atoms with Crippen molar-refractivity contribution in [3.8, 4) is 46.1 Å². The van der Waals surface area contributed by atoms with Crippen molar-refractivity contribution in [2.75, 3.05) is 0 Å². The highest BCUT2D eigenvalue weighted by atomic mass is 15.4. The van der Waals surface area contributed by atoms with E-state index in [9.17, 15) is 0 Å². The number of para-hydroxylation sites is 2. The molecule has 0 amide bonds. The Hall–Kier alpha value is -9.79. The van der Waals surface area contributed by atoms with Crippen molar-refractivity contribution in [1.82, 2.24) is 34.2 Å². The molecule has 8 heteroatoms. The SMILES string of the molecule is c1ccc2c(C[n+]3[n-]c(-n4c5ccccc5c5c4ccc4c6ccccc6n(-c6nc(-c7cccc8ccccc78)nc(-c7cccc8ccccc78)n6)c45)nc3-c3cccc4ccccc34)cccc2c1. The molecule has 0 spiro atoms. The number of benzene rings is 11. The highest BCUT2D eigenvalue weighted by molar-refractivity contribution is 6.26. The zero-order valence-corrected chi connectivity index (χ0v) is 38.7. The van der Waals surface area contributed by atoms with Crippen LogP contribution >= 0.6 is 0 Å². The predicted molar refractivity (Wildman–Crippen MR) is 292 cm³/mol. The van der Waals surface area contributed by atoms with Crippen molar-refractivity contribution in [2.45, 2.75) is 6.54 Å². The van der Waals surface area contributed by atoms with Gasteiger partial charge in [0.2, 0.25) is 5.95 Å². The van der Waals surface area contributed by atoms with Crippen LogP contribution in [0.4, 0.5) is 0 Å². The second-order valence-corrected chi connectivity index (χ2v) is 18.5. The fourth-order valence-corrected chi connectivity index (χ4v) is 11.2. The van der Waals surface area contributed by atoms with Crippen molar-refractivity contribution >= 4 is 86.7 Å². The van der Waals surface area contributed by atoms with Crippen LogP contribution in [-0.4, -0.2) is 29.1 Å². The molecule has 15 rings (SSSR count). The highest BCUT2D eigenvalue weighted by Crippen LogP contribution is 2.42. The van der Waals surface area contributed by atoms with Crippen LogP contribution in [0.5, 0.6) is 0 Å². The van der Waals surface area contributed by atoms with Gasteiger partial charge in [0, 0.05) is 43.9 Å². The van der Waals surface area contributed by atoms with Crippen LogP contribution in [0.2, 0.25) is 0 Å². The number of nitrogens with zero attached hydrogens (tertiary/aromatic N) is 8. The second kappa shape index (κ2) is 15.9. The Labute approximate surface area is 412 Å². The van der Waals surface area contributed by atoms with E-state index in [2.05, 4.69) is 244 Å². The average Bonchev–Trinajstić information content (AvgIpc) is 4.12. The summed E-state index contributed by atoms with van der Waals surface area (Å²) in [6.45, 7) is 0.528. The molecule has 0 bridgehead atoms. The normalized spacial score (nSPS) is 11.9. The first-order chi connectivity index (χ1) is 35.7. The first-order valence-corrected chi connectivity index (χ1v) is 24.3. The van der Waals surface area contributed by atoms with Crippen LogP contribution in [0.3, 0.4) is 0 Å². The van der Waals surface area contributed by atoms with E-state index in [-0.39, 0.29) is 0 Å². The van der Waals surface area contributed by atoms with Crippen molar-refractivity contribution < 1.29 is 4.68 Å². The number of rotatable bonds is 7. The molecule has 0 unspecified atom stereocenters. The lowest BCUT2D eigenvalue weighted by Crippen LogP contribution is -2.40. The molecule has 0 radical (unpaired) electrons. The third-order valence-corrected chi connectivity index (χ3v) is 14.4. The average molecular weight is 921 g/mol. The monoisotopic (exact) mass is 920 g/mol. The maximum Gasteiger partial charge on any atom is 0.238 e. The molecule has 336 valence electrons. The van der Waals surface area contributed by atoms with Crippen LogP contribution in [0.1, 0.15) is 5.56 Å². The Balaban J connectivity index is 1.02. The number of hydrogen-bond acceptors (Lipinski definition) is 4. The summed E-state index contributed by atoms with van der Waals surface area (Å²) in [7, 11) is 0. The molecule has 4 aromatic heterocycles.